The zero-order valence-corrected chi connectivity index (χ0v) is 15.3. The zero-order chi connectivity index (χ0) is 18.6. The van der Waals surface area contributed by atoms with Gasteiger partial charge in [-0.3, -0.25) is 4.79 Å². The van der Waals surface area contributed by atoms with Gasteiger partial charge in [0.2, 0.25) is 0 Å². The van der Waals surface area contributed by atoms with Crippen molar-refractivity contribution in [3.05, 3.63) is 29.5 Å². The maximum atomic E-state index is 13.3. The third-order valence-electron chi connectivity index (χ3n) is 5.66. The summed E-state index contributed by atoms with van der Waals surface area (Å²) < 4.78 is 7.57. The highest BCUT2D eigenvalue weighted by molar-refractivity contribution is 6.08. The molecule has 1 N–H and O–H groups in total. The number of benzene rings is 1. The first-order valence-corrected chi connectivity index (χ1v) is 8.83. The molecule has 2 amide bonds. The molecule has 2 aromatic rings. The van der Waals surface area contributed by atoms with Crippen LogP contribution in [0.5, 0.6) is 5.75 Å². The summed E-state index contributed by atoms with van der Waals surface area (Å²) in [5, 5.41) is 10.6. The fraction of sp³-hybridized carbons (Fsp3) is 0.474. The van der Waals surface area contributed by atoms with Crippen molar-refractivity contribution in [2.24, 2.45) is 7.05 Å². The summed E-state index contributed by atoms with van der Waals surface area (Å²) in [6.07, 6.45) is 1.23. The van der Waals surface area contributed by atoms with Crippen LogP contribution in [0.2, 0.25) is 0 Å². The Kier molecular flexibility index (Phi) is 3.64. The number of aryl methyl sites for hydroxylation is 1. The van der Waals surface area contributed by atoms with E-state index in [1.807, 2.05) is 24.6 Å². The number of hydrogen-bond donors (Lipinski definition) is 1. The van der Waals surface area contributed by atoms with E-state index in [0.717, 1.165) is 29.4 Å². The van der Waals surface area contributed by atoms with Crippen molar-refractivity contribution >= 4 is 22.9 Å². The van der Waals surface area contributed by atoms with E-state index in [2.05, 4.69) is 0 Å². The van der Waals surface area contributed by atoms with E-state index in [-0.39, 0.29) is 17.7 Å². The number of likely N-dealkylation sites (N-methyl/N-ethyl adjacent to an activating group) is 1. The number of hydrogen-bond acceptors (Lipinski definition) is 4. The fourth-order valence-corrected chi connectivity index (χ4v) is 4.26. The van der Waals surface area contributed by atoms with Gasteiger partial charge < -0.3 is 24.2 Å². The van der Waals surface area contributed by atoms with E-state index < -0.39 is 5.60 Å². The molecule has 1 aromatic heterocycles. The number of carbonyl (C=O) groups excluding carboxylic acids is 2. The molecule has 4 rings (SSSR count). The van der Waals surface area contributed by atoms with Crippen LogP contribution in [0.1, 0.15) is 28.9 Å². The van der Waals surface area contributed by atoms with Gasteiger partial charge in [-0.1, -0.05) is 0 Å². The summed E-state index contributed by atoms with van der Waals surface area (Å²) in [4.78, 5) is 28.5. The molecule has 7 nitrogen and oxygen atoms in total. The standard InChI is InChI=1S/C19H23N3O4/c1-12-16(14-9-13(23)5-6-15(14)21(12)3)17(24)22-8-4-7-19(11-22)10-20(2)18(25)26-19/h5-6,9,23H,4,7-8,10-11H2,1-3H3. The topological polar surface area (TPSA) is 75.0 Å². The van der Waals surface area contributed by atoms with Crippen LogP contribution in [-0.4, -0.2) is 63.8 Å². The Labute approximate surface area is 151 Å². The number of ether oxygens (including phenoxy) is 1. The Bertz CT molecular complexity index is 919. The smallest absolute Gasteiger partial charge is 0.410 e. The summed E-state index contributed by atoms with van der Waals surface area (Å²) in [5.41, 5.74) is 1.76. The molecule has 1 unspecified atom stereocenters. The van der Waals surface area contributed by atoms with Gasteiger partial charge >= 0.3 is 6.09 Å². The van der Waals surface area contributed by atoms with Crippen molar-refractivity contribution in [1.82, 2.24) is 14.4 Å². The van der Waals surface area contributed by atoms with Gasteiger partial charge in [0.15, 0.2) is 0 Å². The molecule has 0 aliphatic carbocycles. The van der Waals surface area contributed by atoms with Crippen LogP contribution in [-0.2, 0) is 11.8 Å². The summed E-state index contributed by atoms with van der Waals surface area (Å²) >= 11 is 0. The predicted molar refractivity (Wildman–Crippen MR) is 96.3 cm³/mol. The van der Waals surface area contributed by atoms with Gasteiger partial charge in [0.05, 0.1) is 18.7 Å². The lowest BCUT2D eigenvalue weighted by Crippen LogP contribution is -2.52. The molecule has 7 heteroatoms. The van der Waals surface area contributed by atoms with Crippen LogP contribution in [0.25, 0.3) is 10.9 Å². The first-order chi connectivity index (χ1) is 12.3. The van der Waals surface area contributed by atoms with E-state index in [1.165, 1.54) is 0 Å². The van der Waals surface area contributed by atoms with E-state index in [4.69, 9.17) is 4.74 Å². The summed E-state index contributed by atoms with van der Waals surface area (Å²) in [7, 11) is 3.63. The highest BCUT2D eigenvalue weighted by Crippen LogP contribution is 2.34. The summed E-state index contributed by atoms with van der Waals surface area (Å²) in [5.74, 6) is 0.0574. The van der Waals surface area contributed by atoms with E-state index in [9.17, 15) is 14.7 Å². The lowest BCUT2D eigenvalue weighted by Gasteiger charge is -2.38. The molecule has 2 saturated heterocycles. The monoisotopic (exact) mass is 357 g/mol. The second kappa shape index (κ2) is 5.65. The number of likely N-dealkylation sites (tertiary alicyclic amines) is 1. The average molecular weight is 357 g/mol. The van der Waals surface area contributed by atoms with Crippen LogP contribution in [0, 0.1) is 6.92 Å². The number of amides is 2. The molecule has 1 aromatic carbocycles. The van der Waals surface area contributed by atoms with Crippen molar-refractivity contribution < 1.29 is 19.4 Å². The molecular formula is C19H23N3O4. The van der Waals surface area contributed by atoms with Crippen molar-refractivity contribution in [3.63, 3.8) is 0 Å². The van der Waals surface area contributed by atoms with E-state index in [0.29, 0.717) is 25.2 Å². The van der Waals surface area contributed by atoms with Gasteiger partial charge in [-0.25, -0.2) is 4.79 Å². The maximum Gasteiger partial charge on any atom is 0.410 e. The Morgan fingerprint density at radius 1 is 1.27 bits per heavy atom. The fourth-order valence-electron chi connectivity index (χ4n) is 4.26. The Hall–Kier alpha value is -2.70. The lowest BCUT2D eigenvalue weighted by molar-refractivity contribution is -0.00518. The summed E-state index contributed by atoms with van der Waals surface area (Å²) in [6.45, 7) is 3.45. The molecule has 0 saturated carbocycles. The predicted octanol–water partition coefficient (Wildman–Crippen LogP) is 2.25. The SMILES string of the molecule is Cc1c(C(=O)N2CCCC3(CN(C)C(=O)O3)C2)c2cc(O)ccc2n1C. The third-order valence-corrected chi connectivity index (χ3v) is 5.66. The van der Waals surface area contributed by atoms with Crippen LogP contribution in [0.3, 0.4) is 0 Å². The molecule has 1 atom stereocenters. The second-order valence-corrected chi connectivity index (χ2v) is 7.46. The summed E-state index contributed by atoms with van der Waals surface area (Å²) in [6, 6.07) is 5.08. The van der Waals surface area contributed by atoms with Crippen molar-refractivity contribution in [2.45, 2.75) is 25.4 Å². The second-order valence-electron chi connectivity index (χ2n) is 7.46. The lowest BCUT2D eigenvalue weighted by atomic mass is 9.92. The number of nitrogens with zero attached hydrogens (tertiary/aromatic N) is 3. The number of piperidine rings is 1. The minimum absolute atomic E-state index is 0.0802. The molecule has 0 radical (unpaired) electrons. The quantitative estimate of drug-likeness (QED) is 0.849. The number of aromatic hydroxyl groups is 1. The van der Waals surface area contributed by atoms with Gasteiger partial charge in [-0.15, -0.1) is 0 Å². The van der Waals surface area contributed by atoms with Crippen LogP contribution in [0.15, 0.2) is 18.2 Å². The highest BCUT2D eigenvalue weighted by Gasteiger charge is 2.47. The van der Waals surface area contributed by atoms with Crippen molar-refractivity contribution in [3.8, 4) is 5.75 Å². The van der Waals surface area contributed by atoms with Crippen molar-refractivity contribution in [2.75, 3.05) is 26.7 Å². The van der Waals surface area contributed by atoms with E-state index >= 15 is 0 Å². The normalized spacial score (nSPS) is 23.1. The molecule has 26 heavy (non-hydrogen) atoms. The molecule has 0 bridgehead atoms. The molecule has 2 aliphatic rings. The van der Waals surface area contributed by atoms with E-state index in [1.54, 1.807) is 29.0 Å². The molecule has 138 valence electrons. The minimum atomic E-state index is -0.611. The van der Waals surface area contributed by atoms with Crippen LogP contribution < -0.4 is 0 Å². The van der Waals surface area contributed by atoms with Gasteiger partial charge in [-0.05, 0) is 38.0 Å². The number of fused-ring (bicyclic) bond motifs is 1. The Morgan fingerprint density at radius 2 is 2.04 bits per heavy atom. The number of phenolic OH excluding ortho intramolecular Hbond substituents is 1. The Balaban J connectivity index is 1.70. The molecule has 2 aliphatic heterocycles. The number of aromatic nitrogens is 1. The largest absolute Gasteiger partial charge is 0.508 e. The van der Waals surface area contributed by atoms with Gasteiger partial charge in [0.25, 0.3) is 5.91 Å². The minimum Gasteiger partial charge on any atom is -0.508 e. The first-order valence-electron chi connectivity index (χ1n) is 8.83. The molecule has 3 heterocycles. The Morgan fingerprint density at radius 3 is 2.73 bits per heavy atom. The van der Waals surface area contributed by atoms with Gasteiger partial charge in [-0.2, -0.15) is 0 Å². The van der Waals surface area contributed by atoms with Gasteiger partial charge in [0, 0.05) is 37.2 Å². The number of rotatable bonds is 1. The van der Waals surface area contributed by atoms with Crippen LogP contribution >= 0.6 is 0 Å². The molecule has 1 spiro atoms. The molecule has 2 fully saturated rings. The zero-order valence-electron chi connectivity index (χ0n) is 15.3. The maximum absolute atomic E-state index is 13.3. The van der Waals surface area contributed by atoms with Crippen molar-refractivity contribution in [1.29, 1.82) is 0 Å². The number of phenols is 1. The first kappa shape index (κ1) is 16.8. The van der Waals surface area contributed by atoms with Gasteiger partial charge in [0.1, 0.15) is 11.4 Å². The van der Waals surface area contributed by atoms with Crippen LogP contribution in [0.4, 0.5) is 4.79 Å². The average Bonchev–Trinajstić information content (AvgIpc) is 3.00. The molecular weight excluding hydrogens is 334 g/mol. The third kappa shape index (κ3) is 2.41. The number of carbonyl (C=O) groups is 2. The highest BCUT2D eigenvalue weighted by atomic mass is 16.6.